The molecule has 0 bridgehead atoms. The maximum Gasteiger partial charge on any atom is 0.304 e. The average molecular weight is 273 g/mol. The molecule has 1 saturated heterocycles. The predicted molar refractivity (Wildman–Crippen MR) is 78.2 cm³/mol. The summed E-state index contributed by atoms with van der Waals surface area (Å²) in [5, 5.41) is 8.92. The molecule has 1 fully saturated rings. The lowest BCUT2D eigenvalue weighted by atomic mass is 9.79. The molecule has 1 atom stereocenters. The summed E-state index contributed by atoms with van der Waals surface area (Å²) >= 11 is 1.99. The van der Waals surface area contributed by atoms with Crippen LogP contribution in [0.4, 0.5) is 0 Å². The Balaban J connectivity index is 2.84. The molecule has 106 valence electrons. The monoisotopic (exact) mass is 273 g/mol. The second-order valence-corrected chi connectivity index (χ2v) is 7.99. The highest BCUT2D eigenvalue weighted by atomic mass is 32.2. The van der Waals surface area contributed by atoms with Crippen LogP contribution >= 0.6 is 11.8 Å². The van der Waals surface area contributed by atoms with E-state index in [-0.39, 0.29) is 17.4 Å². The lowest BCUT2D eigenvalue weighted by Crippen LogP contribution is -2.57. The van der Waals surface area contributed by atoms with Gasteiger partial charge in [0, 0.05) is 23.9 Å². The highest BCUT2D eigenvalue weighted by Crippen LogP contribution is 2.39. The summed E-state index contributed by atoms with van der Waals surface area (Å²) < 4.78 is 0. The van der Waals surface area contributed by atoms with Gasteiger partial charge >= 0.3 is 5.97 Å². The smallest absolute Gasteiger partial charge is 0.304 e. The second-order valence-electron chi connectivity index (χ2n) is 6.84. The molecular formula is C14H27NO2S. The van der Waals surface area contributed by atoms with E-state index in [1.807, 2.05) is 11.8 Å². The Morgan fingerprint density at radius 2 is 2.06 bits per heavy atom. The van der Waals surface area contributed by atoms with Crippen LogP contribution in [0, 0.1) is 5.41 Å². The highest BCUT2D eigenvalue weighted by molar-refractivity contribution is 7.99. The molecule has 1 unspecified atom stereocenters. The molecule has 0 radical (unpaired) electrons. The molecule has 0 aromatic rings. The van der Waals surface area contributed by atoms with Crippen molar-refractivity contribution in [3.05, 3.63) is 0 Å². The SMILES string of the molecule is CC1(C)CCSCC1N(CCC(=O)O)C(C)(C)C. The molecule has 1 heterocycles. The fourth-order valence-corrected chi connectivity index (χ4v) is 4.30. The molecule has 0 aliphatic carbocycles. The minimum Gasteiger partial charge on any atom is -0.481 e. The molecule has 1 rings (SSSR count). The number of carboxylic acid groups (broad SMARTS) is 1. The van der Waals surface area contributed by atoms with Gasteiger partial charge in [0.1, 0.15) is 0 Å². The molecule has 0 saturated carbocycles. The van der Waals surface area contributed by atoms with Gasteiger partial charge in [0.25, 0.3) is 0 Å². The van der Waals surface area contributed by atoms with Crippen LogP contribution in [0.25, 0.3) is 0 Å². The quantitative estimate of drug-likeness (QED) is 0.854. The van der Waals surface area contributed by atoms with Gasteiger partial charge in [-0.1, -0.05) is 13.8 Å². The van der Waals surface area contributed by atoms with Crippen molar-refractivity contribution in [3.63, 3.8) is 0 Å². The van der Waals surface area contributed by atoms with Gasteiger partial charge in [-0.25, -0.2) is 0 Å². The zero-order chi connectivity index (χ0) is 14.0. The van der Waals surface area contributed by atoms with Gasteiger partial charge in [-0.15, -0.1) is 0 Å². The first kappa shape index (κ1) is 15.8. The molecule has 1 aliphatic rings. The van der Waals surface area contributed by atoms with Gasteiger partial charge in [-0.05, 0) is 38.4 Å². The van der Waals surface area contributed by atoms with E-state index in [0.717, 1.165) is 5.75 Å². The van der Waals surface area contributed by atoms with Gasteiger partial charge in [0.15, 0.2) is 0 Å². The molecular weight excluding hydrogens is 246 g/mol. The first-order valence-electron chi connectivity index (χ1n) is 6.71. The van der Waals surface area contributed by atoms with E-state index in [1.54, 1.807) is 0 Å². The van der Waals surface area contributed by atoms with Crippen LogP contribution in [0.5, 0.6) is 0 Å². The summed E-state index contributed by atoms with van der Waals surface area (Å²) in [6, 6.07) is 0.468. The van der Waals surface area contributed by atoms with Crippen LogP contribution in [-0.2, 0) is 4.79 Å². The molecule has 3 nitrogen and oxygen atoms in total. The summed E-state index contributed by atoms with van der Waals surface area (Å²) in [4.78, 5) is 13.2. The first-order chi connectivity index (χ1) is 8.14. The Morgan fingerprint density at radius 3 is 2.50 bits per heavy atom. The molecule has 0 amide bonds. The maximum atomic E-state index is 10.8. The van der Waals surface area contributed by atoms with E-state index in [0.29, 0.717) is 12.6 Å². The van der Waals surface area contributed by atoms with Crippen molar-refractivity contribution in [2.45, 2.75) is 59.0 Å². The molecule has 1 aliphatic heterocycles. The molecule has 4 heteroatoms. The third kappa shape index (κ3) is 4.16. The standard InChI is InChI=1S/C14H27NO2S/c1-13(2,3)15(8-6-12(16)17)11-10-18-9-7-14(11,4)5/h11H,6-10H2,1-5H3,(H,16,17). The van der Waals surface area contributed by atoms with Gasteiger partial charge in [-0.2, -0.15) is 11.8 Å². The molecule has 1 N–H and O–H groups in total. The lowest BCUT2D eigenvalue weighted by Gasteiger charge is -2.50. The van der Waals surface area contributed by atoms with Gasteiger partial charge in [0.2, 0.25) is 0 Å². The second kappa shape index (κ2) is 5.83. The fraction of sp³-hybridized carbons (Fsp3) is 0.929. The zero-order valence-electron chi connectivity index (χ0n) is 12.3. The summed E-state index contributed by atoms with van der Waals surface area (Å²) in [5.41, 5.74) is 0.298. The Kier molecular flexibility index (Phi) is 5.13. The third-order valence-electron chi connectivity index (χ3n) is 3.87. The lowest BCUT2D eigenvalue weighted by molar-refractivity contribution is -0.138. The Hall–Kier alpha value is -0.220. The molecule has 0 aromatic carbocycles. The van der Waals surface area contributed by atoms with Crippen molar-refractivity contribution in [1.29, 1.82) is 0 Å². The van der Waals surface area contributed by atoms with Gasteiger partial charge in [0.05, 0.1) is 6.42 Å². The number of nitrogens with zero attached hydrogens (tertiary/aromatic N) is 1. The van der Waals surface area contributed by atoms with E-state index in [2.05, 4.69) is 39.5 Å². The number of aliphatic carboxylic acids is 1. The first-order valence-corrected chi connectivity index (χ1v) is 7.86. The third-order valence-corrected chi connectivity index (χ3v) is 4.92. The largest absolute Gasteiger partial charge is 0.481 e. The Labute approximate surface area is 115 Å². The summed E-state index contributed by atoms with van der Waals surface area (Å²) in [6.45, 7) is 11.8. The van der Waals surface area contributed by atoms with Crippen LogP contribution in [0.15, 0.2) is 0 Å². The van der Waals surface area contributed by atoms with Crippen molar-refractivity contribution in [2.75, 3.05) is 18.1 Å². The maximum absolute atomic E-state index is 10.8. The van der Waals surface area contributed by atoms with Crippen LogP contribution < -0.4 is 0 Å². The number of hydrogen-bond donors (Lipinski definition) is 1. The van der Waals surface area contributed by atoms with Gasteiger partial charge < -0.3 is 5.11 Å². The predicted octanol–water partition coefficient (Wildman–Crippen LogP) is 3.09. The summed E-state index contributed by atoms with van der Waals surface area (Å²) in [5.74, 6) is 1.63. The highest BCUT2D eigenvalue weighted by Gasteiger charge is 2.40. The number of carbonyl (C=O) groups is 1. The van der Waals surface area contributed by atoms with E-state index < -0.39 is 5.97 Å². The average Bonchev–Trinajstić information content (AvgIpc) is 2.17. The minimum atomic E-state index is -0.703. The molecule has 0 spiro atoms. The van der Waals surface area contributed by atoms with Crippen LogP contribution in [0.1, 0.15) is 47.5 Å². The Morgan fingerprint density at radius 1 is 1.44 bits per heavy atom. The normalized spacial score (nSPS) is 24.2. The zero-order valence-corrected chi connectivity index (χ0v) is 13.1. The van der Waals surface area contributed by atoms with E-state index in [9.17, 15) is 4.79 Å². The molecule has 0 aromatic heterocycles. The van der Waals surface area contributed by atoms with Gasteiger partial charge in [-0.3, -0.25) is 9.69 Å². The fourth-order valence-electron chi connectivity index (χ4n) is 2.61. The van der Waals surface area contributed by atoms with Crippen LogP contribution in [0.3, 0.4) is 0 Å². The van der Waals surface area contributed by atoms with Crippen molar-refractivity contribution < 1.29 is 9.90 Å². The van der Waals surface area contributed by atoms with Crippen molar-refractivity contribution in [1.82, 2.24) is 4.90 Å². The number of thioether (sulfide) groups is 1. The number of hydrogen-bond acceptors (Lipinski definition) is 3. The van der Waals surface area contributed by atoms with Crippen molar-refractivity contribution in [2.24, 2.45) is 5.41 Å². The van der Waals surface area contributed by atoms with Crippen molar-refractivity contribution >= 4 is 17.7 Å². The number of rotatable bonds is 4. The van der Waals surface area contributed by atoms with Crippen molar-refractivity contribution in [3.8, 4) is 0 Å². The minimum absolute atomic E-state index is 0.0231. The van der Waals surface area contributed by atoms with E-state index in [1.165, 1.54) is 12.2 Å². The summed E-state index contributed by atoms with van der Waals surface area (Å²) in [6.07, 6.45) is 1.44. The van der Waals surface area contributed by atoms with E-state index >= 15 is 0 Å². The number of carboxylic acids is 1. The summed E-state index contributed by atoms with van der Waals surface area (Å²) in [7, 11) is 0. The van der Waals surface area contributed by atoms with Crippen LogP contribution in [-0.4, -0.2) is 45.6 Å². The topological polar surface area (TPSA) is 40.5 Å². The van der Waals surface area contributed by atoms with E-state index in [4.69, 9.17) is 5.11 Å². The van der Waals surface area contributed by atoms with Crippen LogP contribution in [0.2, 0.25) is 0 Å². The molecule has 18 heavy (non-hydrogen) atoms. The Bertz CT molecular complexity index is 297.